The highest BCUT2D eigenvalue weighted by Gasteiger charge is 2.42. The van der Waals surface area contributed by atoms with Gasteiger partial charge in [-0.25, -0.2) is 13.4 Å². The molecule has 0 saturated heterocycles. The van der Waals surface area contributed by atoms with Crippen molar-refractivity contribution in [3.8, 4) is 11.4 Å². The lowest BCUT2D eigenvalue weighted by atomic mass is 9.82. The molecule has 0 aliphatic heterocycles. The molecule has 170 valence electrons. The second-order valence-corrected chi connectivity index (χ2v) is 9.69. The molecular weight excluding hydrogens is 460 g/mol. The Labute approximate surface area is 178 Å². The number of pyridine rings is 1. The zero-order valence-electron chi connectivity index (χ0n) is 16.1. The molecule has 4 rings (SSSR count). The molecule has 1 saturated carbocycles. The fraction of sp³-hybridized carbons (Fsp3) is 0.300. The number of aromatic nitrogens is 3. The zero-order chi connectivity index (χ0) is 23.3. The molecule has 2 heterocycles. The Hall–Kier alpha value is -2.89. The van der Waals surface area contributed by atoms with Gasteiger partial charge in [-0.1, -0.05) is 6.07 Å². The lowest BCUT2D eigenvalue weighted by Crippen LogP contribution is -2.35. The summed E-state index contributed by atoms with van der Waals surface area (Å²) in [6.45, 7) is 0. The highest BCUT2D eigenvalue weighted by molar-refractivity contribution is 7.92. The van der Waals surface area contributed by atoms with Crippen molar-refractivity contribution >= 4 is 9.84 Å². The summed E-state index contributed by atoms with van der Waals surface area (Å²) in [5.41, 5.74) is -1.21. The van der Waals surface area contributed by atoms with E-state index in [0.717, 1.165) is 30.5 Å². The van der Waals surface area contributed by atoms with Crippen molar-refractivity contribution in [1.29, 1.82) is 0 Å². The van der Waals surface area contributed by atoms with Gasteiger partial charge >= 0.3 is 12.4 Å². The molecule has 1 aliphatic rings. The molecule has 0 amide bonds. The van der Waals surface area contributed by atoms with Gasteiger partial charge in [0.05, 0.1) is 21.4 Å². The molecule has 32 heavy (non-hydrogen) atoms. The third-order valence-corrected chi connectivity index (χ3v) is 7.54. The van der Waals surface area contributed by atoms with Crippen LogP contribution in [0.15, 0.2) is 53.7 Å². The Balaban J connectivity index is 1.46. The van der Waals surface area contributed by atoms with Gasteiger partial charge in [0.1, 0.15) is 11.5 Å². The van der Waals surface area contributed by atoms with E-state index in [9.17, 15) is 34.8 Å². The molecule has 1 aliphatic carbocycles. The molecular formula is C20H15F6N3O2S. The van der Waals surface area contributed by atoms with Gasteiger partial charge in [-0.15, -0.1) is 0 Å². The van der Waals surface area contributed by atoms with Gasteiger partial charge in [0.15, 0.2) is 9.84 Å². The average molecular weight is 475 g/mol. The van der Waals surface area contributed by atoms with Crippen LogP contribution in [0, 0.1) is 0 Å². The Bertz CT molecular complexity index is 1230. The molecule has 0 atom stereocenters. The molecule has 1 fully saturated rings. The van der Waals surface area contributed by atoms with Crippen LogP contribution in [0.2, 0.25) is 0 Å². The number of rotatable bonds is 4. The van der Waals surface area contributed by atoms with Crippen molar-refractivity contribution in [2.45, 2.75) is 41.3 Å². The normalized spacial score (nSPS) is 19.6. The highest BCUT2D eigenvalue weighted by Crippen LogP contribution is 2.43. The Morgan fingerprint density at radius 1 is 0.969 bits per heavy atom. The molecule has 12 heteroatoms. The van der Waals surface area contributed by atoms with Crippen LogP contribution in [0.3, 0.4) is 0 Å². The number of nitrogens with zero attached hydrogens (tertiary/aromatic N) is 2. The summed E-state index contributed by atoms with van der Waals surface area (Å²) in [5.74, 6) is 0.0402. The van der Waals surface area contributed by atoms with Crippen LogP contribution in [-0.4, -0.2) is 28.6 Å². The van der Waals surface area contributed by atoms with Crippen LogP contribution >= 0.6 is 0 Å². The fourth-order valence-corrected chi connectivity index (χ4v) is 5.41. The van der Waals surface area contributed by atoms with E-state index in [2.05, 4.69) is 15.0 Å². The smallest absolute Gasteiger partial charge is 0.344 e. The Kier molecular flexibility index (Phi) is 5.30. The molecule has 0 bridgehead atoms. The number of hydrogen-bond acceptors (Lipinski definition) is 4. The van der Waals surface area contributed by atoms with Gasteiger partial charge in [-0.05, 0) is 43.2 Å². The number of nitrogens with one attached hydrogen (secondary N) is 1. The second kappa shape index (κ2) is 7.61. The zero-order valence-corrected chi connectivity index (χ0v) is 16.9. The molecule has 2 aromatic heterocycles. The SMILES string of the molecule is O=S(=O)(c1cccc(C(F)(F)F)c1)[C@H]1C[C@@H](c2c[nH]c(-c3ccc(C(F)(F)F)nc3)n2)C1. The molecule has 1 N–H and O–H groups in total. The minimum atomic E-state index is -4.65. The number of hydrogen-bond donors (Lipinski definition) is 1. The van der Waals surface area contributed by atoms with Crippen LogP contribution in [0.5, 0.6) is 0 Å². The van der Waals surface area contributed by atoms with Gasteiger partial charge in [0, 0.05) is 23.9 Å². The molecule has 1 aromatic carbocycles. The predicted octanol–water partition coefficient (Wildman–Crippen LogP) is 5.23. The van der Waals surface area contributed by atoms with E-state index < -0.39 is 38.7 Å². The van der Waals surface area contributed by atoms with Crippen LogP contribution in [0.25, 0.3) is 11.4 Å². The van der Waals surface area contributed by atoms with Gasteiger partial charge in [-0.3, -0.25) is 4.98 Å². The lowest BCUT2D eigenvalue weighted by Gasteiger charge is -2.33. The largest absolute Gasteiger partial charge is 0.433 e. The first-order valence-electron chi connectivity index (χ1n) is 9.36. The minimum Gasteiger partial charge on any atom is -0.344 e. The number of H-pyrrole nitrogens is 1. The van der Waals surface area contributed by atoms with E-state index in [1.54, 1.807) is 0 Å². The van der Waals surface area contributed by atoms with Gasteiger partial charge in [0.25, 0.3) is 0 Å². The Morgan fingerprint density at radius 3 is 2.28 bits per heavy atom. The molecule has 5 nitrogen and oxygen atoms in total. The van der Waals surface area contributed by atoms with Gasteiger partial charge in [0.2, 0.25) is 0 Å². The monoisotopic (exact) mass is 475 g/mol. The quantitative estimate of drug-likeness (QED) is 0.525. The molecule has 0 spiro atoms. The first-order chi connectivity index (χ1) is 14.9. The van der Waals surface area contributed by atoms with Crippen LogP contribution in [0.1, 0.15) is 35.7 Å². The molecule has 3 aromatic rings. The van der Waals surface area contributed by atoms with Crippen molar-refractivity contribution in [2.75, 3.05) is 0 Å². The number of halogens is 6. The van der Waals surface area contributed by atoms with Gasteiger partial charge in [-0.2, -0.15) is 26.3 Å². The standard InChI is InChI=1S/C20H15F6N3O2S/c21-19(22,23)13-2-1-3-14(8-13)32(30,31)15-6-12(7-15)16-10-28-18(29-16)11-4-5-17(27-9-11)20(24,25)26/h1-5,8-10,12,15H,6-7H2,(H,28,29)/t12-,15+. The van der Waals surface area contributed by atoms with E-state index in [0.29, 0.717) is 17.3 Å². The molecule has 0 unspecified atom stereocenters. The maximum absolute atomic E-state index is 12.9. The Morgan fingerprint density at radius 2 is 1.69 bits per heavy atom. The number of imidazole rings is 1. The maximum Gasteiger partial charge on any atom is 0.433 e. The summed E-state index contributed by atoms with van der Waals surface area (Å²) in [5, 5.41) is -0.844. The maximum atomic E-state index is 12.9. The number of aromatic amines is 1. The summed E-state index contributed by atoms with van der Waals surface area (Å²) in [7, 11) is -3.94. The van der Waals surface area contributed by atoms with Crippen LogP contribution < -0.4 is 0 Å². The summed E-state index contributed by atoms with van der Waals surface area (Å²) in [6, 6.07) is 5.70. The van der Waals surface area contributed by atoms with Crippen molar-refractivity contribution < 1.29 is 34.8 Å². The number of alkyl halides is 6. The lowest BCUT2D eigenvalue weighted by molar-refractivity contribution is -0.141. The van der Waals surface area contributed by atoms with E-state index in [-0.39, 0.29) is 29.5 Å². The summed E-state index contributed by atoms with van der Waals surface area (Å²) >= 11 is 0. The highest BCUT2D eigenvalue weighted by atomic mass is 32.2. The van der Waals surface area contributed by atoms with E-state index in [1.807, 2.05) is 0 Å². The first kappa shape index (κ1) is 22.3. The summed E-state index contributed by atoms with van der Waals surface area (Å²) in [4.78, 5) is 10.1. The predicted molar refractivity (Wildman–Crippen MR) is 101 cm³/mol. The first-order valence-corrected chi connectivity index (χ1v) is 10.9. The van der Waals surface area contributed by atoms with Crippen molar-refractivity contribution in [3.05, 3.63) is 65.7 Å². The van der Waals surface area contributed by atoms with Crippen molar-refractivity contribution in [2.24, 2.45) is 0 Å². The molecule has 0 radical (unpaired) electrons. The van der Waals surface area contributed by atoms with Crippen molar-refractivity contribution in [3.63, 3.8) is 0 Å². The topological polar surface area (TPSA) is 75.7 Å². The van der Waals surface area contributed by atoms with Gasteiger partial charge < -0.3 is 4.98 Å². The summed E-state index contributed by atoms with van der Waals surface area (Å²) < 4.78 is 102. The third kappa shape index (κ3) is 4.23. The second-order valence-electron chi connectivity index (χ2n) is 7.46. The average Bonchev–Trinajstić information content (AvgIpc) is 3.15. The number of sulfone groups is 1. The van der Waals surface area contributed by atoms with E-state index in [1.165, 1.54) is 12.3 Å². The number of benzene rings is 1. The van der Waals surface area contributed by atoms with E-state index in [4.69, 9.17) is 0 Å². The van der Waals surface area contributed by atoms with E-state index >= 15 is 0 Å². The third-order valence-electron chi connectivity index (χ3n) is 5.37. The van der Waals surface area contributed by atoms with Crippen molar-refractivity contribution in [1.82, 2.24) is 15.0 Å². The van der Waals surface area contributed by atoms with Crippen LogP contribution in [0.4, 0.5) is 26.3 Å². The fourth-order valence-electron chi connectivity index (χ4n) is 3.50. The van der Waals surface area contributed by atoms with Crippen LogP contribution in [-0.2, 0) is 22.2 Å². The summed E-state index contributed by atoms with van der Waals surface area (Å²) in [6.07, 6.45) is -6.29. The minimum absolute atomic E-state index is 0.175.